The van der Waals surface area contributed by atoms with Crippen LogP contribution in [0.3, 0.4) is 0 Å². The maximum atomic E-state index is 12.8. The molecule has 44 heavy (non-hydrogen) atoms. The number of methoxy groups -OCH3 is 1. The minimum absolute atomic E-state index is 0.0810. The topological polar surface area (TPSA) is 56.8 Å². The Morgan fingerprint density at radius 2 is 1.77 bits per heavy atom. The van der Waals surface area contributed by atoms with Crippen molar-refractivity contribution < 1.29 is 9.53 Å². The number of likely N-dealkylation sites (N-methyl/N-ethyl adjacent to an activating group) is 1. The van der Waals surface area contributed by atoms with Crippen LogP contribution in [0.1, 0.15) is 80.3 Å². The Hall–Kier alpha value is -3.93. The molecule has 0 aromatic heterocycles. The summed E-state index contributed by atoms with van der Waals surface area (Å²) in [6.45, 7) is 9.68. The lowest BCUT2D eigenvalue weighted by Crippen LogP contribution is -2.43. The highest BCUT2D eigenvalue weighted by atomic mass is 16.5. The molecular weight excluding hydrogens is 544 g/mol. The standard InChI is InChI=1S/C38H52N4O2/c1-8-30(28(3)42(23-22-39-4)36-21-14-27(36)2)26-41(6)37-25-32(38(43)40-5)17-20-34(37)35(31-12-10-9-11-13-31)24-29-15-18-33(44-7)19-16-29/h8,15-20,22-25,27,31,36,39H,3,9-14,21,26H2,1-2,4-7H3,(H,40,43)/b23-22+,30-8+,35-24+. The maximum absolute atomic E-state index is 12.8. The predicted molar refractivity (Wildman–Crippen MR) is 186 cm³/mol. The van der Waals surface area contributed by atoms with Crippen LogP contribution in [0.25, 0.3) is 11.6 Å². The van der Waals surface area contributed by atoms with Crippen molar-refractivity contribution in [3.63, 3.8) is 0 Å². The number of ether oxygens (including phenoxy) is 1. The van der Waals surface area contributed by atoms with Crippen LogP contribution < -0.4 is 20.3 Å². The molecule has 2 atom stereocenters. The molecule has 6 nitrogen and oxygen atoms in total. The fourth-order valence-electron chi connectivity index (χ4n) is 6.56. The second-order valence-electron chi connectivity index (χ2n) is 12.3. The third kappa shape index (κ3) is 7.77. The quantitative estimate of drug-likeness (QED) is 0.182. The van der Waals surface area contributed by atoms with E-state index in [0.29, 0.717) is 30.0 Å². The Balaban J connectivity index is 1.75. The van der Waals surface area contributed by atoms with Gasteiger partial charge in [0.25, 0.3) is 5.91 Å². The number of nitrogens with zero attached hydrogens (tertiary/aromatic N) is 2. The van der Waals surface area contributed by atoms with E-state index < -0.39 is 0 Å². The van der Waals surface area contributed by atoms with Crippen molar-refractivity contribution in [1.29, 1.82) is 0 Å². The zero-order valence-electron chi connectivity index (χ0n) is 27.7. The molecule has 0 radical (unpaired) electrons. The zero-order valence-corrected chi connectivity index (χ0v) is 27.7. The molecule has 2 aliphatic carbocycles. The van der Waals surface area contributed by atoms with E-state index in [-0.39, 0.29) is 5.91 Å². The summed E-state index contributed by atoms with van der Waals surface area (Å²) in [6.07, 6.45) is 17.2. The number of hydrogen-bond acceptors (Lipinski definition) is 5. The van der Waals surface area contributed by atoms with Crippen molar-refractivity contribution in [2.24, 2.45) is 11.8 Å². The Labute approximate surface area is 265 Å². The molecule has 4 rings (SSSR count). The van der Waals surface area contributed by atoms with Crippen LogP contribution >= 0.6 is 0 Å². The molecule has 2 unspecified atom stereocenters. The lowest BCUT2D eigenvalue weighted by Gasteiger charge is -2.44. The molecule has 0 spiro atoms. The number of anilines is 1. The van der Waals surface area contributed by atoms with E-state index in [1.165, 1.54) is 61.7 Å². The molecule has 236 valence electrons. The van der Waals surface area contributed by atoms with E-state index in [9.17, 15) is 4.79 Å². The van der Waals surface area contributed by atoms with Gasteiger partial charge in [-0.3, -0.25) is 4.79 Å². The number of benzene rings is 2. The maximum Gasteiger partial charge on any atom is 0.251 e. The van der Waals surface area contributed by atoms with Gasteiger partial charge in [0.15, 0.2) is 0 Å². The second-order valence-corrected chi connectivity index (χ2v) is 12.3. The highest BCUT2D eigenvalue weighted by molar-refractivity contribution is 5.97. The molecule has 2 aromatic rings. The minimum atomic E-state index is -0.0810. The van der Waals surface area contributed by atoms with E-state index in [0.717, 1.165) is 22.7 Å². The van der Waals surface area contributed by atoms with Crippen LogP contribution in [0.15, 0.2) is 78.8 Å². The normalized spacial score (nSPS) is 19.3. The van der Waals surface area contributed by atoms with Crippen LogP contribution in [0.4, 0.5) is 5.69 Å². The Kier molecular flexibility index (Phi) is 11.8. The van der Waals surface area contributed by atoms with Gasteiger partial charge in [0.1, 0.15) is 5.75 Å². The number of hydrogen-bond donors (Lipinski definition) is 2. The third-order valence-corrected chi connectivity index (χ3v) is 9.46. The first-order chi connectivity index (χ1) is 21.3. The predicted octanol–water partition coefficient (Wildman–Crippen LogP) is 7.86. The number of carbonyl (C=O) groups is 1. The summed E-state index contributed by atoms with van der Waals surface area (Å²) >= 11 is 0. The second kappa shape index (κ2) is 15.7. The lowest BCUT2D eigenvalue weighted by molar-refractivity contribution is 0.0963. The van der Waals surface area contributed by atoms with Crippen LogP contribution in [0, 0.1) is 11.8 Å². The van der Waals surface area contributed by atoms with Gasteiger partial charge < -0.3 is 25.2 Å². The summed E-state index contributed by atoms with van der Waals surface area (Å²) < 4.78 is 5.42. The van der Waals surface area contributed by atoms with Gasteiger partial charge in [-0.05, 0) is 85.4 Å². The minimum Gasteiger partial charge on any atom is -0.497 e. The smallest absolute Gasteiger partial charge is 0.251 e. The van der Waals surface area contributed by atoms with E-state index >= 15 is 0 Å². The number of amides is 1. The number of carbonyl (C=O) groups excluding carboxylic acids is 1. The van der Waals surface area contributed by atoms with E-state index in [2.05, 4.69) is 90.5 Å². The van der Waals surface area contributed by atoms with Crippen molar-refractivity contribution >= 4 is 23.2 Å². The van der Waals surface area contributed by atoms with Gasteiger partial charge in [-0.2, -0.15) is 0 Å². The summed E-state index contributed by atoms with van der Waals surface area (Å²) in [7, 11) is 7.45. The molecule has 6 heteroatoms. The van der Waals surface area contributed by atoms with E-state index in [4.69, 9.17) is 4.74 Å². The molecule has 0 aliphatic heterocycles. The van der Waals surface area contributed by atoms with Crippen molar-refractivity contribution in [3.8, 4) is 5.75 Å². The van der Waals surface area contributed by atoms with Crippen LogP contribution in [-0.2, 0) is 0 Å². The lowest BCUT2D eigenvalue weighted by atomic mass is 9.79. The summed E-state index contributed by atoms with van der Waals surface area (Å²) in [4.78, 5) is 17.5. The molecule has 2 aromatic carbocycles. The van der Waals surface area contributed by atoms with Crippen molar-refractivity contribution in [1.82, 2.24) is 15.5 Å². The van der Waals surface area contributed by atoms with Gasteiger partial charge in [-0.15, -0.1) is 0 Å². The monoisotopic (exact) mass is 596 g/mol. The SMILES string of the molecule is C=C(/C(=C/C)CN(C)c1cc(C(=O)NC)ccc1/C(=C/c1ccc(OC)cc1)C1CCCCC1)N(/C=C/NC)C1CCC1C. The summed E-state index contributed by atoms with van der Waals surface area (Å²) in [5.74, 6) is 1.86. The highest BCUT2D eigenvalue weighted by Gasteiger charge is 2.33. The molecule has 1 amide bonds. The van der Waals surface area contributed by atoms with Gasteiger partial charge in [0.05, 0.1) is 7.11 Å². The summed E-state index contributed by atoms with van der Waals surface area (Å²) in [6, 6.07) is 14.9. The largest absolute Gasteiger partial charge is 0.497 e. The fourth-order valence-corrected chi connectivity index (χ4v) is 6.56. The molecular formula is C38H52N4O2. The first-order valence-corrected chi connectivity index (χ1v) is 16.2. The molecule has 0 heterocycles. The Morgan fingerprint density at radius 1 is 1.05 bits per heavy atom. The first-order valence-electron chi connectivity index (χ1n) is 16.2. The average molecular weight is 597 g/mol. The van der Waals surface area contributed by atoms with Gasteiger partial charge in [0.2, 0.25) is 0 Å². The fraction of sp³-hybridized carbons (Fsp3) is 0.447. The van der Waals surface area contributed by atoms with E-state index in [1.54, 1.807) is 14.2 Å². The zero-order chi connectivity index (χ0) is 31.6. The Bertz CT molecular complexity index is 1370. The molecule has 2 fully saturated rings. The average Bonchev–Trinajstić information content (AvgIpc) is 3.06. The number of nitrogens with one attached hydrogen (secondary N) is 2. The molecule has 2 N–H and O–H groups in total. The number of allylic oxidation sites excluding steroid dienone is 2. The third-order valence-electron chi connectivity index (χ3n) is 9.46. The van der Waals surface area contributed by atoms with Crippen LogP contribution in [0.5, 0.6) is 5.75 Å². The Morgan fingerprint density at radius 3 is 2.34 bits per heavy atom. The van der Waals surface area contributed by atoms with Crippen molar-refractivity contribution in [2.75, 3.05) is 39.7 Å². The molecule has 2 saturated carbocycles. The molecule has 0 bridgehead atoms. The molecule has 0 saturated heterocycles. The van der Waals surface area contributed by atoms with Crippen LogP contribution in [0.2, 0.25) is 0 Å². The van der Waals surface area contributed by atoms with Crippen molar-refractivity contribution in [2.45, 2.75) is 64.8 Å². The number of rotatable bonds is 13. The van der Waals surface area contributed by atoms with Crippen molar-refractivity contribution in [3.05, 3.63) is 95.5 Å². The molecule has 2 aliphatic rings. The van der Waals surface area contributed by atoms with Gasteiger partial charge in [-0.1, -0.05) is 63.1 Å². The van der Waals surface area contributed by atoms with Gasteiger partial charge >= 0.3 is 0 Å². The summed E-state index contributed by atoms with van der Waals surface area (Å²) in [5.41, 5.74) is 7.58. The van der Waals surface area contributed by atoms with E-state index in [1.807, 2.05) is 31.4 Å². The van der Waals surface area contributed by atoms with Gasteiger partial charge in [-0.25, -0.2) is 0 Å². The van der Waals surface area contributed by atoms with Crippen LogP contribution in [-0.4, -0.2) is 51.6 Å². The van der Waals surface area contributed by atoms with Gasteiger partial charge in [0, 0.05) is 68.6 Å². The first kappa shape index (κ1) is 33.0. The summed E-state index contributed by atoms with van der Waals surface area (Å²) in [5, 5.41) is 5.96. The highest BCUT2D eigenvalue weighted by Crippen LogP contribution is 2.41.